The average Bonchev–Trinajstić information content (AvgIpc) is 2.02. The lowest BCUT2D eigenvalue weighted by Gasteiger charge is -2.17. The fourth-order valence-corrected chi connectivity index (χ4v) is 1.14. The van der Waals surface area contributed by atoms with E-state index >= 15 is 0 Å². The van der Waals surface area contributed by atoms with Crippen molar-refractivity contribution in [3.05, 3.63) is 0 Å². The van der Waals surface area contributed by atoms with Gasteiger partial charge in [0.05, 0.1) is 18.8 Å². The molecule has 0 aliphatic rings. The van der Waals surface area contributed by atoms with Crippen molar-refractivity contribution in [3.63, 3.8) is 0 Å². The van der Waals surface area contributed by atoms with Crippen LogP contribution in [0, 0.1) is 0 Å². The molecule has 1 N–H and O–H groups in total. The number of ether oxygens (including phenoxy) is 2. The van der Waals surface area contributed by atoms with Gasteiger partial charge in [0.25, 0.3) is 0 Å². The largest absolute Gasteiger partial charge is 0.393 e. The number of aliphatic hydroxyl groups is 1. The van der Waals surface area contributed by atoms with Gasteiger partial charge < -0.3 is 14.6 Å². The molecule has 78 valence electrons. The molecule has 13 heavy (non-hydrogen) atoms. The molecule has 0 rings (SSSR count). The van der Waals surface area contributed by atoms with Crippen LogP contribution in [0.4, 0.5) is 0 Å². The first-order valence-corrected chi connectivity index (χ1v) is 4.29. The predicted molar refractivity (Wildman–Crippen MR) is 48.6 cm³/mol. The van der Waals surface area contributed by atoms with Crippen LogP contribution in [0.5, 0.6) is 0 Å². The highest BCUT2D eigenvalue weighted by molar-refractivity contribution is 5.75. The predicted octanol–water partition coefficient (Wildman–Crippen LogP) is 0.378. The van der Waals surface area contributed by atoms with Gasteiger partial charge in [0.15, 0.2) is 0 Å². The van der Waals surface area contributed by atoms with Crippen LogP contribution in [0.15, 0.2) is 0 Å². The number of Topliss-reactive ketones (excluding diaryl/α,β-unsaturated/α-hetero) is 1. The quantitative estimate of drug-likeness (QED) is 0.630. The first kappa shape index (κ1) is 12.6. The van der Waals surface area contributed by atoms with Gasteiger partial charge in [-0.05, 0) is 6.92 Å². The summed E-state index contributed by atoms with van der Waals surface area (Å²) < 4.78 is 9.93. The summed E-state index contributed by atoms with van der Waals surface area (Å²) in [5.41, 5.74) is 0. The molecule has 0 heterocycles. The van der Waals surface area contributed by atoms with Gasteiger partial charge in [0, 0.05) is 27.1 Å². The molecule has 0 amide bonds. The molecule has 4 nitrogen and oxygen atoms in total. The Kier molecular flexibility index (Phi) is 6.76. The second kappa shape index (κ2) is 7.00. The van der Waals surface area contributed by atoms with Crippen molar-refractivity contribution in [3.8, 4) is 0 Å². The minimum absolute atomic E-state index is 0.0141. The van der Waals surface area contributed by atoms with Gasteiger partial charge in [-0.1, -0.05) is 0 Å². The lowest BCUT2D eigenvalue weighted by molar-refractivity contribution is -0.119. The summed E-state index contributed by atoms with van der Waals surface area (Å²) in [6.07, 6.45) is -0.148. The minimum Gasteiger partial charge on any atom is -0.393 e. The summed E-state index contributed by atoms with van der Waals surface area (Å²) in [6, 6.07) is 0. The molecule has 0 aromatic heterocycles. The second-order valence-electron chi connectivity index (χ2n) is 3.11. The van der Waals surface area contributed by atoms with E-state index < -0.39 is 6.10 Å². The van der Waals surface area contributed by atoms with Crippen molar-refractivity contribution in [2.45, 2.75) is 32.0 Å². The molecule has 0 saturated carbocycles. The van der Waals surface area contributed by atoms with Gasteiger partial charge >= 0.3 is 0 Å². The average molecular weight is 190 g/mol. The zero-order valence-electron chi connectivity index (χ0n) is 8.45. The molecule has 1 unspecified atom stereocenters. The lowest BCUT2D eigenvalue weighted by atomic mass is 10.1. The summed E-state index contributed by atoms with van der Waals surface area (Å²) in [6.45, 7) is 1.90. The van der Waals surface area contributed by atoms with E-state index in [0.717, 1.165) is 0 Å². The number of aliphatic hydroxyl groups excluding tert-OH is 1. The van der Waals surface area contributed by atoms with Crippen molar-refractivity contribution in [1.29, 1.82) is 0 Å². The molecule has 0 radical (unpaired) electrons. The Morgan fingerprint density at radius 1 is 1.46 bits per heavy atom. The Bertz CT molecular complexity index is 147. The van der Waals surface area contributed by atoms with Crippen LogP contribution in [0.3, 0.4) is 0 Å². The highest BCUT2D eigenvalue weighted by Crippen LogP contribution is 2.06. The number of hydrogen-bond acceptors (Lipinski definition) is 4. The van der Waals surface area contributed by atoms with Crippen molar-refractivity contribution >= 4 is 5.78 Å². The van der Waals surface area contributed by atoms with Gasteiger partial charge in [-0.3, -0.25) is 4.79 Å². The third-order valence-corrected chi connectivity index (χ3v) is 1.74. The maximum absolute atomic E-state index is 10.6. The van der Waals surface area contributed by atoms with E-state index in [9.17, 15) is 9.90 Å². The summed E-state index contributed by atoms with van der Waals surface area (Å²) in [4.78, 5) is 10.6. The number of ketones is 1. The van der Waals surface area contributed by atoms with Crippen LogP contribution in [0.2, 0.25) is 0 Å². The maximum Gasteiger partial charge on any atom is 0.132 e. The van der Waals surface area contributed by atoms with Crippen LogP contribution < -0.4 is 0 Å². The van der Waals surface area contributed by atoms with Crippen LogP contribution in [-0.2, 0) is 14.3 Å². The van der Waals surface area contributed by atoms with Crippen molar-refractivity contribution in [2.24, 2.45) is 0 Å². The molecule has 0 fully saturated rings. The van der Waals surface area contributed by atoms with Crippen LogP contribution in [0.25, 0.3) is 0 Å². The van der Waals surface area contributed by atoms with Gasteiger partial charge in [0.1, 0.15) is 5.78 Å². The standard InChI is InChI=1S/C9H18O4/c1-7(10)4-8(11)5-9(13-3)6-12-2/h8-9,11H,4-6H2,1-3H3/t8?,9-/m0/s1. The molecular formula is C9H18O4. The van der Waals surface area contributed by atoms with E-state index in [0.29, 0.717) is 13.0 Å². The van der Waals surface area contributed by atoms with Crippen molar-refractivity contribution in [2.75, 3.05) is 20.8 Å². The monoisotopic (exact) mass is 190 g/mol. The smallest absolute Gasteiger partial charge is 0.132 e. The summed E-state index contributed by atoms with van der Waals surface area (Å²) in [5, 5.41) is 9.39. The fraction of sp³-hybridized carbons (Fsp3) is 0.889. The third kappa shape index (κ3) is 6.69. The lowest BCUT2D eigenvalue weighted by Crippen LogP contribution is -2.25. The number of rotatable bonds is 7. The molecular weight excluding hydrogens is 172 g/mol. The molecule has 0 aromatic carbocycles. The van der Waals surface area contributed by atoms with Gasteiger partial charge in [0.2, 0.25) is 0 Å². The Balaban J connectivity index is 3.72. The van der Waals surface area contributed by atoms with Gasteiger partial charge in [-0.2, -0.15) is 0 Å². The van der Waals surface area contributed by atoms with E-state index in [1.165, 1.54) is 6.92 Å². The highest BCUT2D eigenvalue weighted by Gasteiger charge is 2.14. The molecule has 0 bridgehead atoms. The van der Waals surface area contributed by atoms with E-state index in [2.05, 4.69) is 0 Å². The summed E-state index contributed by atoms with van der Waals surface area (Å²) >= 11 is 0. The van der Waals surface area contributed by atoms with E-state index in [1.807, 2.05) is 0 Å². The molecule has 2 atom stereocenters. The zero-order valence-corrected chi connectivity index (χ0v) is 8.45. The molecule has 0 saturated heterocycles. The fourth-order valence-electron chi connectivity index (χ4n) is 1.14. The van der Waals surface area contributed by atoms with Gasteiger partial charge in [-0.25, -0.2) is 0 Å². The van der Waals surface area contributed by atoms with Crippen LogP contribution in [0.1, 0.15) is 19.8 Å². The molecule has 0 aliphatic heterocycles. The highest BCUT2D eigenvalue weighted by atomic mass is 16.5. The number of carbonyl (C=O) groups is 1. The number of hydrogen-bond donors (Lipinski definition) is 1. The van der Waals surface area contributed by atoms with Crippen molar-refractivity contribution < 1.29 is 19.4 Å². The number of carbonyl (C=O) groups excluding carboxylic acids is 1. The first-order chi connectivity index (χ1) is 6.10. The van der Waals surface area contributed by atoms with Crippen LogP contribution in [-0.4, -0.2) is 43.9 Å². The summed E-state index contributed by atoms with van der Waals surface area (Å²) in [7, 11) is 3.13. The van der Waals surface area contributed by atoms with Crippen LogP contribution >= 0.6 is 0 Å². The molecule has 4 heteroatoms. The summed E-state index contributed by atoms with van der Waals surface area (Å²) in [5.74, 6) is -0.0141. The minimum atomic E-state index is -0.627. The molecule has 0 aliphatic carbocycles. The molecule has 0 spiro atoms. The van der Waals surface area contributed by atoms with E-state index in [4.69, 9.17) is 9.47 Å². The Labute approximate surface area is 78.8 Å². The second-order valence-corrected chi connectivity index (χ2v) is 3.11. The molecule has 0 aromatic rings. The third-order valence-electron chi connectivity index (χ3n) is 1.74. The Morgan fingerprint density at radius 3 is 2.46 bits per heavy atom. The van der Waals surface area contributed by atoms with E-state index in [-0.39, 0.29) is 18.3 Å². The normalized spacial score (nSPS) is 15.4. The topological polar surface area (TPSA) is 55.8 Å². The maximum atomic E-state index is 10.6. The van der Waals surface area contributed by atoms with Gasteiger partial charge in [-0.15, -0.1) is 0 Å². The SMILES string of the molecule is COC[C@H](CC(O)CC(C)=O)OC. The zero-order chi connectivity index (χ0) is 10.3. The van der Waals surface area contributed by atoms with Crippen molar-refractivity contribution in [1.82, 2.24) is 0 Å². The Morgan fingerprint density at radius 2 is 2.08 bits per heavy atom. The number of methoxy groups -OCH3 is 2. The first-order valence-electron chi connectivity index (χ1n) is 4.29. The van der Waals surface area contributed by atoms with E-state index in [1.54, 1.807) is 14.2 Å². The Hall–Kier alpha value is -0.450.